The fourth-order valence-electron chi connectivity index (χ4n) is 3.42. The molecule has 0 bridgehead atoms. The summed E-state index contributed by atoms with van der Waals surface area (Å²) in [7, 11) is 0. The van der Waals surface area contributed by atoms with Crippen molar-refractivity contribution in [1.29, 1.82) is 0 Å². The van der Waals surface area contributed by atoms with E-state index in [9.17, 15) is 9.59 Å². The zero-order valence-electron chi connectivity index (χ0n) is 15.3. The number of hydrogen-bond acceptors (Lipinski definition) is 3. The monoisotopic (exact) mass is 351 g/mol. The van der Waals surface area contributed by atoms with Crippen molar-refractivity contribution in [2.75, 3.05) is 6.61 Å². The van der Waals surface area contributed by atoms with Gasteiger partial charge >= 0.3 is 5.97 Å². The Labute approximate surface area is 154 Å². The average Bonchev–Trinajstić information content (AvgIpc) is 2.67. The van der Waals surface area contributed by atoms with E-state index in [0.717, 1.165) is 24.8 Å². The van der Waals surface area contributed by atoms with Crippen molar-refractivity contribution in [2.45, 2.75) is 44.6 Å². The van der Waals surface area contributed by atoms with Crippen molar-refractivity contribution >= 4 is 11.9 Å². The summed E-state index contributed by atoms with van der Waals surface area (Å²) in [4.78, 5) is 24.8. The Morgan fingerprint density at radius 3 is 2.54 bits per heavy atom. The van der Waals surface area contributed by atoms with Crippen LogP contribution >= 0.6 is 0 Å². The van der Waals surface area contributed by atoms with E-state index in [1.807, 2.05) is 42.5 Å². The minimum absolute atomic E-state index is 0.00622. The molecular weight excluding hydrogens is 326 g/mol. The number of fused-ring (bicyclic) bond motifs is 1. The normalized spacial score (nSPS) is 16.5. The van der Waals surface area contributed by atoms with Crippen LogP contribution in [0.4, 0.5) is 0 Å². The Kier molecular flexibility index (Phi) is 5.40. The standard InChI is InChI=1S/C22H25NO3/c1-22(2,17-11-4-3-5-12-17)21(25)26-15-20(24)23-19-14-8-10-16-9-6-7-13-18(16)19/h3-7,9,11-13,19H,8,10,14-15H2,1-2H3,(H,23,24)/t19-/m0/s1. The minimum atomic E-state index is -0.793. The first-order valence-corrected chi connectivity index (χ1v) is 9.08. The zero-order chi connectivity index (χ0) is 18.6. The highest BCUT2D eigenvalue weighted by atomic mass is 16.5. The maximum Gasteiger partial charge on any atom is 0.316 e. The van der Waals surface area contributed by atoms with Crippen molar-refractivity contribution in [3.05, 3.63) is 71.3 Å². The highest BCUT2D eigenvalue weighted by Gasteiger charge is 2.32. The topological polar surface area (TPSA) is 55.4 Å². The van der Waals surface area contributed by atoms with Gasteiger partial charge in [-0.05, 0) is 49.8 Å². The Morgan fingerprint density at radius 2 is 1.77 bits per heavy atom. The molecule has 4 nitrogen and oxygen atoms in total. The van der Waals surface area contributed by atoms with Gasteiger partial charge in [-0.1, -0.05) is 54.6 Å². The fraction of sp³-hybridized carbons (Fsp3) is 0.364. The third-order valence-corrected chi connectivity index (χ3v) is 5.04. The number of carbonyl (C=O) groups is 2. The third-order valence-electron chi connectivity index (χ3n) is 5.04. The summed E-state index contributed by atoms with van der Waals surface area (Å²) in [6, 6.07) is 17.6. The van der Waals surface area contributed by atoms with Crippen molar-refractivity contribution in [1.82, 2.24) is 5.32 Å². The van der Waals surface area contributed by atoms with Crippen LogP contribution in [0.15, 0.2) is 54.6 Å². The van der Waals surface area contributed by atoms with Gasteiger partial charge in [0.1, 0.15) is 0 Å². The summed E-state index contributed by atoms with van der Waals surface area (Å²) in [5.74, 6) is -0.660. The van der Waals surface area contributed by atoms with Crippen LogP contribution in [0.25, 0.3) is 0 Å². The molecule has 3 rings (SSSR count). The van der Waals surface area contributed by atoms with Crippen molar-refractivity contribution < 1.29 is 14.3 Å². The average molecular weight is 351 g/mol. The summed E-state index contributed by atoms with van der Waals surface area (Å²) in [5.41, 5.74) is 2.53. The Hall–Kier alpha value is -2.62. The van der Waals surface area contributed by atoms with Gasteiger partial charge in [-0.3, -0.25) is 9.59 Å². The van der Waals surface area contributed by atoms with E-state index in [1.165, 1.54) is 11.1 Å². The SMILES string of the molecule is CC(C)(C(=O)OCC(=O)N[C@H]1CCCc2ccccc21)c1ccccc1. The number of amides is 1. The highest BCUT2D eigenvalue weighted by molar-refractivity contribution is 5.85. The van der Waals surface area contributed by atoms with Crippen LogP contribution in [0.2, 0.25) is 0 Å². The molecule has 0 heterocycles. The van der Waals surface area contributed by atoms with Gasteiger partial charge in [0.15, 0.2) is 6.61 Å². The van der Waals surface area contributed by atoms with Gasteiger partial charge in [-0.15, -0.1) is 0 Å². The summed E-state index contributed by atoms with van der Waals surface area (Å²) in [6.07, 6.45) is 3.00. The number of ether oxygens (including phenoxy) is 1. The number of carbonyl (C=O) groups excluding carboxylic acids is 2. The lowest BCUT2D eigenvalue weighted by Crippen LogP contribution is -2.37. The Morgan fingerprint density at radius 1 is 1.08 bits per heavy atom. The largest absolute Gasteiger partial charge is 0.455 e. The van der Waals surface area contributed by atoms with Crippen molar-refractivity contribution in [3.8, 4) is 0 Å². The molecule has 4 heteroatoms. The molecule has 136 valence electrons. The quantitative estimate of drug-likeness (QED) is 0.836. The second kappa shape index (κ2) is 7.73. The number of rotatable bonds is 5. The third kappa shape index (κ3) is 3.96. The van der Waals surface area contributed by atoms with Crippen molar-refractivity contribution in [3.63, 3.8) is 0 Å². The van der Waals surface area contributed by atoms with E-state index >= 15 is 0 Å². The van der Waals surface area contributed by atoms with Crippen LogP contribution in [0, 0.1) is 0 Å². The second-order valence-corrected chi connectivity index (χ2v) is 7.28. The van der Waals surface area contributed by atoms with Gasteiger partial charge < -0.3 is 10.1 Å². The number of hydrogen-bond donors (Lipinski definition) is 1. The molecule has 0 unspecified atom stereocenters. The van der Waals surface area contributed by atoms with Crippen LogP contribution in [0.5, 0.6) is 0 Å². The van der Waals surface area contributed by atoms with Crippen LogP contribution in [0.3, 0.4) is 0 Å². The lowest BCUT2D eigenvalue weighted by atomic mass is 9.85. The van der Waals surface area contributed by atoms with Gasteiger partial charge in [-0.25, -0.2) is 0 Å². The summed E-state index contributed by atoms with van der Waals surface area (Å²) in [5, 5.41) is 3.01. The first-order valence-electron chi connectivity index (χ1n) is 9.08. The predicted molar refractivity (Wildman–Crippen MR) is 101 cm³/mol. The zero-order valence-corrected chi connectivity index (χ0v) is 15.3. The first-order chi connectivity index (χ1) is 12.5. The van der Waals surface area contributed by atoms with E-state index < -0.39 is 11.4 Å². The smallest absolute Gasteiger partial charge is 0.316 e. The van der Waals surface area contributed by atoms with E-state index in [0.29, 0.717) is 0 Å². The molecule has 0 fully saturated rings. The maximum atomic E-state index is 12.5. The number of nitrogens with one attached hydrogen (secondary N) is 1. The molecule has 0 saturated carbocycles. The summed E-state index contributed by atoms with van der Waals surface area (Å²) in [6.45, 7) is 3.35. The summed E-state index contributed by atoms with van der Waals surface area (Å²) < 4.78 is 5.30. The Bertz CT molecular complexity index is 783. The fourth-order valence-corrected chi connectivity index (χ4v) is 3.42. The molecule has 0 spiro atoms. The molecule has 0 saturated heterocycles. The van der Waals surface area contributed by atoms with Crippen LogP contribution in [0.1, 0.15) is 49.4 Å². The molecule has 26 heavy (non-hydrogen) atoms. The second-order valence-electron chi connectivity index (χ2n) is 7.28. The Balaban J connectivity index is 1.57. The van der Waals surface area contributed by atoms with Crippen LogP contribution in [-0.2, 0) is 26.2 Å². The molecule has 1 aliphatic rings. The molecule has 1 aliphatic carbocycles. The molecule has 2 aromatic carbocycles. The number of benzene rings is 2. The molecule has 2 aromatic rings. The lowest BCUT2D eigenvalue weighted by Gasteiger charge is -2.27. The van der Waals surface area contributed by atoms with Crippen LogP contribution < -0.4 is 5.32 Å². The molecule has 1 amide bonds. The van der Waals surface area contributed by atoms with E-state index in [4.69, 9.17) is 4.74 Å². The van der Waals surface area contributed by atoms with E-state index in [-0.39, 0.29) is 18.6 Å². The van der Waals surface area contributed by atoms with Gasteiger partial charge in [-0.2, -0.15) is 0 Å². The lowest BCUT2D eigenvalue weighted by molar-refractivity contribution is -0.153. The van der Waals surface area contributed by atoms with Gasteiger partial charge in [0.25, 0.3) is 5.91 Å². The molecule has 0 radical (unpaired) electrons. The van der Waals surface area contributed by atoms with E-state index in [2.05, 4.69) is 17.4 Å². The molecule has 1 N–H and O–H groups in total. The highest BCUT2D eigenvalue weighted by Crippen LogP contribution is 2.29. The maximum absolute atomic E-state index is 12.5. The van der Waals surface area contributed by atoms with Gasteiger partial charge in [0.2, 0.25) is 0 Å². The molecule has 0 aromatic heterocycles. The molecule has 1 atom stereocenters. The van der Waals surface area contributed by atoms with Gasteiger partial charge in [0, 0.05) is 0 Å². The summed E-state index contributed by atoms with van der Waals surface area (Å²) >= 11 is 0. The van der Waals surface area contributed by atoms with E-state index in [1.54, 1.807) is 13.8 Å². The predicted octanol–water partition coefficient (Wildman–Crippen LogP) is 3.70. The minimum Gasteiger partial charge on any atom is -0.455 e. The van der Waals surface area contributed by atoms with Gasteiger partial charge in [0.05, 0.1) is 11.5 Å². The van der Waals surface area contributed by atoms with Crippen molar-refractivity contribution in [2.24, 2.45) is 0 Å². The number of aryl methyl sites for hydroxylation is 1. The first kappa shape index (κ1) is 18.2. The van der Waals surface area contributed by atoms with Crippen LogP contribution in [-0.4, -0.2) is 18.5 Å². The molecular formula is C22H25NO3. The number of esters is 1. The molecule has 0 aliphatic heterocycles.